The van der Waals surface area contributed by atoms with Crippen LogP contribution in [0.1, 0.15) is 27.5 Å². The zero-order valence-electron chi connectivity index (χ0n) is 15.3. The number of nitrogens with zero attached hydrogens (tertiary/aromatic N) is 1. The largest absolute Gasteiger partial charge is 0.324 e. The van der Waals surface area contributed by atoms with Crippen LogP contribution in [0.3, 0.4) is 0 Å². The van der Waals surface area contributed by atoms with E-state index in [1.807, 2.05) is 0 Å². The van der Waals surface area contributed by atoms with Crippen LogP contribution in [0.25, 0.3) is 0 Å². The summed E-state index contributed by atoms with van der Waals surface area (Å²) in [5.74, 6) is -2.02. The predicted molar refractivity (Wildman–Crippen MR) is 111 cm³/mol. The first-order valence-corrected chi connectivity index (χ1v) is 9.70. The number of benzene rings is 3. The average molecular weight is 447 g/mol. The Labute approximate surface area is 181 Å². The lowest BCUT2D eigenvalue weighted by molar-refractivity contribution is -0.117. The second kappa shape index (κ2) is 8.05. The third-order valence-corrected chi connectivity index (χ3v) is 5.38. The summed E-state index contributed by atoms with van der Waals surface area (Å²) in [6, 6.07) is 12.9. The van der Waals surface area contributed by atoms with Crippen molar-refractivity contribution < 1.29 is 18.4 Å². The lowest BCUT2D eigenvalue weighted by atomic mass is 9.95. The summed E-state index contributed by atoms with van der Waals surface area (Å²) >= 11 is 12.2. The Hall–Kier alpha value is -2.96. The molecule has 8 heteroatoms. The quantitative estimate of drug-likeness (QED) is 0.568. The Morgan fingerprint density at radius 2 is 1.67 bits per heavy atom. The van der Waals surface area contributed by atoms with Gasteiger partial charge in [-0.05, 0) is 54.1 Å². The van der Waals surface area contributed by atoms with E-state index in [1.54, 1.807) is 0 Å². The van der Waals surface area contributed by atoms with Crippen LogP contribution in [-0.2, 0) is 4.79 Å². The van der Waals surface area contributed by atoms with Gasteiger partial charge in [0.25, 0.3) is 5.91 Å². The van der Waals surface area contributed by atoms with Crippen molar-refractivity contribution in [1.29, 1.82) is 0 Å². The number of nitrogens with one attached hydrogen (secondary N) is 1. The number of anilines is 1. The molecule has 4 rings (SSSR count). The Morgan fingerprint density at radius 3 is 2.40 bits per heavy atom. The van der Waals surface area contributed by atoms with Gasteiger partial charge in [-0.1, -0.05) is 35.3 Å². The molecule has 1 aliphatic heterocycles. The normalized spacial score (nSPS) is 15.9. The summed E-state index contributed by atoms with van der Waals surface area (Å²) in [5.41, 5.74) is 1.33. The molecule has 3 aromatic rings. The van der Waals surface area contributed by atoms with Gasteiger partial charge in [-0.15, -0.1) is 0 Å². The monoisotopic (exact) mass is 446 g/mol. The SMILES string of the molecule is O=C1CN(C(=O)c2cc(Cl)ccc2Cl)[C@H](c2ccc(F)cc2)c2cc(F)ccc2N1. The van der Waals surface area contributed by atoms with E-state index < -0.39 is 29.5 Å². The van der Waals surface area contributed by atoms with E-state index in [4.69, 9.17) is 23.2 Å². The van der Waals surface area contributed by atoms with Crippen molar-refractivity contribution in [2.75, 3.05) is 11.9 Å². The van der Waals surface area contributed by atoms with E-state index in [1.165, 1.54) is 65.6 Å². The van der Waals surface area contributed by atoms with Gasteiger partial charge in [0.15, 0.2) is 0 Å². The average Bonchev–Trinajstić information content (AvgIpc) is 2.85. The molecule has 1 N–H and O–H groups in total. The molecule has 1 atom stereocenters. The van der Waals surface area contributed by atoms with E-state index in [9.17, 15) is 18.4 Å². The van der Waals surface area contributed by atoms with Crippen LogP contribution in [0.4, 0.5) is 14.5 Å². The maximum absolute atomic E-state index is 14.1. The van der Waals surface area contributed by atoms with Crippen LogP contribution in [0.15, 0.2) is 60.7 Å². The van der Waals surface area contributed by atoms with Gasteiger partial charge in [0.05, 0.1) is 16.6 Å². The molecule has 3 aromatic carbocycles. The Kier molecular flexibility index (Phi) is 5.45. The highest BCUT2D eigenvalue weighted by atomic mass is 35.5. The molecule has 0 fully saturated rings. The zero-order valence-corrected chi connectivity index (χ0v) is 16.8. The van der Waals surface area contributed by atoms with E-state index in [0.29, 0.717) is 21.8 Å². The smallest absolute Gasteiger partial charge is 0.256 e. The fourth-order valence-corrected chi connectivity index (χ4v) is 3.86. The summed E-state index contributed by atoms with van der Waals surface area (Å²) in [7, 11) is 0. The summed E-state index contributed by atoms with van der Waals surface area (Å²) in [6.45, 7) is -0.319. The van der Waals surface area contributed by atoms with Gasteiger partial charge < -0.3 is 10.2 Å². The van der Waals surface area contributed by atoms with Crippen LogP contribution in [0.2, 0.25) is 10.0 Å². The van der Waals surface area contributed by atoms with Crippen LogP contribution in [-0.4, -0.2) is 23.3 Å². The number of hydrogen-bond acceptors (Lipinski definition) is 2. The fraction of sp³-hybridized carbons (Fsp3) is 0.0909. The molecule has 0 spiro atoms. The van der Waals surface area contributed by atoms with Gasteiger partial charge in [-0.25, -0.2) is 8.78 Å². The highest BCUT2D eigenvalue weighted by molar-refractivity contribution is 6.35. The number of fused-ring (bicyclic) bond motifs is 1. The summed E-state index contributed by atoms with van der Waals surface area (Å²) in [4.78, 5) is 27.3. The van der Waals surface area contributed by atoms with Gasteiger partial charge in [0.2, 0.25) is 5.91 Å². The molecular formula is C22H14Cl2F2N2O2. The predicted octanol–water partition coefficient (Wildman–Crippen LogP) is 5.46. The molecule has 152 valence electrons. The van der Waals surface area contributed by atoms with Gasteiger partial charge in [0.1, 0.15) is 18.2 Å². The topological polar surface area (TPSA) is 49.4 Å². The standard InChI is InChI=1S/C22H14Cl2F2N2O2/c23-13-3-7-18(24)16(9-13)22(30)28-11-20(29)27-19-8-6-15(26)10-17(19)21(28)12-1-4-14(25)5-2-12/h1-10,21H,11H2,(H,27,29)/t21-/m1/s1. The molecule has 0 radical (unpaired) electrons. The number of rotatable bonds is 2. The number of amides is 2. The van der Waals surface area contributed by atoms with E-state index >= 15 is 0 Å². The minimum Gasteiger partial charge on any atom is -0.324 e. The first-order chi connectivity index (χ1) is 14.3. The Balaban J connectivity index is 1.92. The Bertz CT molecular complexity index is 1150. The summed E-state index contributed by atoms with van der Waals surface area (Å²) < 4.78 is 27.7. The summed E-state index contributed by atoms with van der Waals surface area (Å²) in [5, 5.41) is 3.15. The van der Waals surface area contributed by atoms with Gasteiger partial charge in [-0.2, -0.15) is 0 Å². The summed E-state index contributed by atoms with van der Waals surface area (Å²) in [6.07, 6.45) is 0. The highest BCUT2D eigenvalue weighted by Gasteiger charge is 2.35. The van der Waals surface area contributed by atoms with E-state index in [2.05, 4.69) is 5.32 Å². The molecule has 0 unspecified atom stereocenters. The number of carbonyl (C=O) groups excluding carboxylic acids is 2. The second-order valence-electron chi connectivity index (χ2n) is 6.79. The van der Waals surface area contributed by atoms with Gasteiger partial charge in [-0.3, -0.25) is 9.59 Å². The second-order valence-corrected chi connectivity index (χ2v) is 7.63. The van der Waals surface area contributed by atoms with Gasteiger partial charge in [0, 0.05) is 16.3 Å². The fourth-order valence-electron chi connectivity index (χ4n) is 3.49. The maximum Gasteiger partial charge on any atom is 0.256 e. The lowest BCUT2D eigenvalue weighted by Gasteiger charge is -2.31. The minimum absolute atomic E-state index is 0.101. The lowest BCUT2D eigenvalue weighted by Crippen LogP contribution is -2.39. The van der Waals surface area contributed by atoms with Crippen molar-refractivity contribution in [2.45, 2.75) is 6.04 Å². The molecule has 0 saturated heterocycles. The first-order valence-electron chi connectivity index (χ1n) is 8.94. The van der Waals surface area contributed by atoms with Crippen molar-refractivity contribution >= 4 is 40.7 Å². The molecule has 0 aromatic heterocycles. The van der Waals surface area contributed by atoms with Crippen molar-refractivity contribution in [1.82, 2.24) is 4.90 Å². The van der Waals surface area contributed by atoms with Crippen molar-refractivity contribution in [3.8, 4) is 0 Å². The molecule has 2 amide bonds. The van der Waals surface area contributed by atoms with Crippen molar-refractivity contribution in [3.05, 3.63) is 99.0 Å². The third-order valence-electron chi connectivity index (χ3n) is 4.81. The molecule has 4 nitrogen and oxygen atoms in total. The minimum atomic E-state index is -0.863. The zero-order chi connectivity index (χ0) is 21.4. The Morgan fingerprint density at radius 1 is 0.967 bits per heavy atom. The molecule has 30 heavy (non-hydrogen) atoms. The van der Waals surface area contributed by atoms with E-state index in [-0.39, 0.29) is 17.1 Å². The van der Waals surface area contributed by atoms with Crippen LogP contribution < -0.4 is 5.32 Å². The number of halogens is 4. The number of carbonyl (C=O) groups is 2. The van der Waals surface area contributed by atoms with Crippen molar-refractivity contribution in [2.24, 2.45) is 0 Å². The maximum atomic E-state index is 14.1. The highest BCUT2D eigenvalue weighted by Crippen LogP contribution is 2.38. The van der Waals surface area contributed by atoms with Crippen molar-refractivity contribution in [3.63, 3.8) is 0 Å². The molecule has 0 aliphatic carbocycles. The molecule has 1 heterocycles. The molecule has 0 saturated carbocycles. The third kappa shape index (κ3) is 3.88. The number of hydrogen-bond donors (Lipinski definition) is 1. The first kappa shape index (κ1) is 20.3. The van der Waals surface area contributed by atoms with Crippen LogP contribution in [0.5, 0.6) is 0 Å². The van der Waals surface area contributed by atoms with Gasteiger partial charge >= 0.3 is 0 Å². The molecule has 1 aliphatic rings. The molecular weight excluding hydrogens is 433 g/mol. The van der Waals surface area contributed by atoms with Crippen LogP contribution >= 0.6 is 23.2 Å². The van der Waals surface area contributed by atoms with Crippen LogP contribution in [0, 0.1) is 11.6 Å². The van der Waals surface area contributed by atoms with E-state index in [0.717, 1.165) is 0 Å². The molecule has 0 bridgehead atoms.